The van der Waals surface area contributed by atoms with Crippen LogP contribution >= 0.6 is 0 Å². The van der Waals surface area contributed by atoms with Crippen LogP contribution in [0.4, 0.5) is 19.0 Å². The Hall–Kier alpha value is -2.31. The summed E-state index contributed by atoms with van der Waals surface area (Å²) in [7, 11) is 0. The molecule has 0 saturated heterocycles. The Morgan fingerprint density at radius 3 is 2.45 bits per heavy atom. The Kier molecular flexibility index (Phi) is 5.19. The first kappa shape index (κ1) is 16.1. The first-order valence-corrected chi connectivity index (χ1v) is 6.82. The lowest BCUT2D eigenvalue weighted by molar-refractivity contribution is -0.0498. The molecule has 1 unspecified atom stereocenters. The van der Waals surface area contributed by atoms with E-state index in [1.807, 2.05) is 6.92 Å². The number of hydrogen-bond donors (Lipinski definition) is 1. The van der Waals surface area contributed by atoms with Gasteiger partial charge in [-0.05, 0) is 31.0 Å². The molecule has 118 valence electrons. The minimum atomic E-state index is -2.86. The summed E-state index contributed by atoms with van der Waals surface area (Å²) in [5.41, 5.74) is 1.13. The van der Waals surface area contributed by atoms with Crippen LogP contribution in [0, 0.1) is 5.82 Å². The van der Waals surface area contributed by atoms with Crippen LogP contribution in [0.25, 0.3) is 0 Å². The maximum absolute atomic E-state index is 14.1. The number of nitrogens with zero attached hydrogens (tertiary/aromatic N) is 2. The number of nitrogens with one attached hydrogen (secondary N) is 1. The average molecular weight is 311 g/mol. The van der Waals surface area contributed by atoms with Gasteiger partial charge in [-0.3, -0.25) is 0 Å². The smallest absolute Gasteiger partial charge is 0.387 e. The van der Waals surface area contributed by atoms with Crippen LogP contribution < -0.4 is 10.1 Å². The van der Waals surface area contributed by atoms with Crippen molar-refractivity contribution in [1.82, 2.24) is 9.97 Å². The predicted molar refractivity (Wildman–Crippen MR) is 76.5 cm³/mol. The van der Waals surface area contributed by atoms with Gasteiger partial charge in [0, 0.05) is 0 Å². The van der Waals surface area contributed by atoms with Gasteiger partial charge in [0.05, 0.1) is 11.7 Å². The molecule has 1 aromatic heterocycles. The van der Waals surface area contributed by atoms with E-state index in [0.29, 0.717) is 12.1 Å². The molecule has 0 aliphatic heterocycles. The molecule has 2 rings (SSSR count). The van der Waals surface area contributed by atoms with E-state index in [0.717, 1.165) is 5.56 Å². The Bertz CT molecular complexity index is 620. The molecule has 0 aliphatic carbocycles. The molecule has 0 radical (unpaired) electrons. The van der Waals surface area contributed by atoms with Gasteiger partial charge < -0.3 is 10.1 Å². The highest BCUT2D eigenvalue weighted by Gasteiger charge is 2.13. The SMILES string of the molecule is CCc1ncnc(NC(C)c2ccc(OC(F)F)cc2)c1F. The van der Waals surface area contributed by atoms with E-state index in [1.165, 1.54) is 18.5 Å². The number of aryl methyl sites for hydroxylation is 1. The Balaban J connectivity index is 2.10. The van der Waals surface area contributed by atoms with Crippen molar-refractivity contribution in [2.45, 2.75) is 32.9 Å². The van der Waals surface area contributed by atoms with Crippen molar-refractivity contribution in [3.8, 4) is 5.75 Å². The molecule has 0 bridgehead atoms. The standard InChI is InChI=1S/C15H16F3N3O/c1-3-12-13(16)14(20-8-19-12)21-9(2)10-4-6-11(7-5-10)22-15(17)18/h4-9,15H,3H2,1-2H3,(H,19,20,21). The maximum atomic E-state index is 14.1. The van der Waals surface area contributed by atoms with Gasteiger partial charge in [0.1, 0.15) is 12.1 Å². The first-order chi connectivity index (χ1) is 10.5. The maximum Gasteiger partial charge on any atom is 0.387 e. The molecular weight excluding hydrogens is 295 g/mol. The number of ether oxygens (including phenoxy) is 1. The lowest BCUT2D eigenvalue weighted by Crippen LogP contribution is -2.11. The van der Waals surface area contributed by atoms with Gasteiger partial charge in [-0.15, -0.1) is 0 Å². The van der Waals surface area contributed by atoms with Crippen LogP contribution in [0.5, 0.6) is 5.75 Å². The van der Waals surface area contributed by atoms with E-state index in [9.17, 15) is 13.2 Å². The largest absolute Gasteiger partial charge is 0.435 e. The van der Waals surface area contributed by atoms with Gasteiger partial charge in [0.15, 0.2) is 11.6 Å². The molecule has 0 saturated carbocycles. The van der Waals surface area contributed by atoms with E-state index in [2.05, 4.69) is 20.0 Å². The van der Waals surface area contributed by atoms with E-state index in [-0.39, 0.29) is 17.6 Å². The molecule has 0 amide bonds. The number of halogens is 3. The van der Waals surface area contributed by atoms with Crippen molar-refractivity contribution in [2.24, 2.45) is 0 Å². The van der Waals surface area contributed by atoms with Crippen molar-refractivity contribution in [3.63, 3.8) is 0 Å². The molecule has 22 heavy (non-hydrogen) atoms. The molecule has 1 aromatic carbocycles. The number of rotatable bonds is 6. The van der Waals surface area contributed by atoms with Crippen molar-refractivity contribution in [3.05, 3.63) is 47.7 Å². The molecule has 7 heteroatoms. The number of benzene rings is 1. The predicted octanol–water partition coefficient (Wildman–Crippen LogP) is 3.95. The highest BCUT2D eigenvalue weighted by molar-refractivity contribution is 5.41. The van der Waals surface area contributed by atoms with E-state index >= 15 is 0 Å². The minimum absolute atomic E-state index is 0.0763. The van der Waals surface area contributed by atoms with E-state index in [4.69, 9.17) is 0 Å². The highest BCUT2D eigenvalue weighted by Crippen LogP contribution is 2.23. The van der Waals surface area contributed by atoms with Gasteiger partial charge in [-0.2, -0.15) is 8.78 Å². The van der Waals surface area contributed by atoms with Crippen LogP contribution in [-0.4, -0.2) is 16.6 Å². The van der Waals surface area contributed by atoms with Crippen LogP contribution in [0.2, 0.25) is 0 Å². The van der Waals surface area contributed by atoms with Crippen LogP contribution in [0.1, 0.15) is 31.1 Å². The summed E-state index contributed by atoms with van der Waals surface area (Å²) >= 11 is 0. The molecule has 2 aromatic rings. The quantitative estimate of drug-likeness (QED) is 0.877. The van der Waals surface area contributed by atoms with Crippen molar-refractivity contribution in [2.75, 3.05) is 5.32 Å². The molecule has 1 N–H and O–H groups in total. The molecule has 0 fully saturated rings. The Labute approximate surface area is 126 Å². The third kappa shape index (κ3) is 3.87. The summed E-state index contributed by atoms with van der Waals surface area (Å²) in [6.07, 6.45) is 1.77. The van der Waals surface area contributed by atoms with Gasteiger partial charge in [-0.25, -0.2) is 14.4 Å². The fourth-order valence-corrected chi connectivity index (χ4v) is 1.98. The summed E-state index contributed by atoms with van der Waals surface area (Å²) in [4.78, 5) is 7.75. The molecular formula is C15H16F3N3O. The molecule has 0 spiro atoms. The van der Waals surface area contributed by atoms with Crippen molar-refractivity contribution in [1.29, 1.82) is 0 Å². The minimum Gasteiger partial charge on any atom is -0.435 e. The average Bonchev–Trinajstić information content (AvgIpc) is 2.49. The summed E-state index contributed by atoms with van der Waals surface area (Å²) < 4.78 is 42.5. The molecule has 1 atom stereocenters. The zero-order valence-corrected chi connectivity index (χ0v) is 12.2. The second-order valence-corrected chi connectivity index (χ2v) is 4.65. The topological polar surface area (TPSA) is 47.0 Å². The zero-order chi connectivity index (χ0) is 16.1. The lowest BCUT2D eigenvalue weighted by atomic mass is 10.1. The number of hydrogen-bond acceptors (Lipinski definition) is 4. The van der Waals surface area contributed by atoms with Crippen LogP contribution in [0.15, 0.2) is 30.6 Å². The van der Waals surface area contributed by atoms with Gasteiger partial charge >= 0.3 is 6.61 Å². The number of aromatic nitrogens is 2. The fraction of sp³-hybridized carbons (Fsp3) is 0.333. The number of anilines is 1. The summed E-state index contributed by atoms with van der Waals surface area (Å²) in [6.45, 7) is 0.764. The third-order valence-corrected chi connectivity index (χ3v) is 3.16. The third-order valence-electron chi connectivity index (χ3n) is 3.16. The second-order valence-electron chi connectivity index (χ2n) is 4.65. The van der Waals surface area contributed by atoms with Crippen molar-refractivity contribution < 1.29 is 17.9 Å². The zero-order valence-electron chi connectivity index (χ0n) is 12.2. The molecule has 1 heterocycles. The lowest BCUT2D eigenvalue weighted by Gasteiger charge is -2.16. The Morgan fingerprint density at radius 1 is 1.18 bits per heavy atom. The van der Waals surface area contributed by atoms with Crippen LogP contribution in [0.3, 0.4) is 0 Å². The monoisotopic (exact) mass is 311 g/mol. The van der Waals surface area contributed by atoms with Gasteiger partial charge in [0.25, 0.3) is 0 Å². The van der Waals surface area contributed by atoms with Gasteiger partial charge in [0.2, 0.25) is 0 Å². The van der Waals surface area contributed by atoms with E-state index in [1.54, 1.807) is 19.1 Å². The highest BCUT2D eigenvalue weighted by atomic mass is 19.3. The summed E-state index contributed by atoms with van der Waals surface area (Å²) in [5, 5.41) is 2.95. The second kappa shape index (κ2) is 7.11. The number of alkyl halides is 2. The fourth-order valence-electron chi connectivity index (χ4n) is 1.98. The van der Waals surface area contributed by atoms with E-state index < -0.39 is 12.4 Å². The summed E-state index contributed by atoms with van der Waals surface area (Å²) in [5.74, 6) is -0.283. The summed E-state index contributed by atoms with van der Waals surface area (Å²) in [6, 6.07) is 5.89. The normalized spacial score (nSPS) is 12.3. The first-order valence-electron chi connectivity index (χ1n) is 6.82. The van der Waals surface area contributed by atoms with Crippen molar-refractivity contribution >= 4 is 5.82 Å². The molecule has 0 aliphatic rings. The van der Waals surface area contributed by atoms with Crippen LogP contribution in [-0.2, 0) is 6.42 Å². The van der Waals surface area contributed by atoms with Gasteiger partial charge in [-0.1, -0.05) is 19.1 Å². The molecule has 4 nitrogen and oxygen atoms in total. The Morgan fingerprint density at radius 2 is 1.86 bits per heavy atom.